The van der Waals surface area contributed by atoms with Gasteiger partial charge in [-0.1, -0.05) is 12.1 Å². The van der Waals surface area contributed by atoms with Crippen LogP contribution in [0.3, 0.4) is 0 Å². The minimum absolute atomic E-state index is 0.209. The van der Waals surface area contributed by atoms with Crippen LogP contribution in [0, 0.1) is 6.92 Å². The second-order valence-electron chi connectivity index (χ2n) is 5.69. The third-order valence-corrected chi connectivity index (χ3v) is 3.79. The normalized spacial score (nSPS) is 10.2. The molecule has 0 atom stereocenters. The molecule has 6 heteroatoms. The molecule has 6 nitrogen and oxygen atoms in total. The van der Waals surface area contributed by atoms with Crippen LogP contribution in [0.1, 0.15) is 22.3 Å². The molecule has 0 radical (unpaired) electrons. The first kappa shape index (κ1) is 19.4. The van der Waals surface area contributed by atoms with Crippen LogP contribution >= 0.6 is 0 Å². The van der Waals surface area contributed by atoms with Crippen molar-refractivity contribution in [1.82, 2.24) is 5.32 Å². The van der Waals surface area contributed by atoms with Crippen molar-refractivity contribution in [2.45, 2.75) is 13.3 Å². The summed E-state index contributed by atoms with van der Waals surface area (Å²) in [6, 6.07) is 11.1. The van der Waals surface area contributed by atoms with Crippen molar-refractivity contribution in [2.24, 2.45) is 0 Å². The summed E-state index contributed by atoms with van der Waals surface area (Å²) in [5.41, 5.74) is 1.59. The van der Waals surface area contributed by atoms with E-state index in [1.807, 2.05) is 31.2 Å². The predicted molar refractivity (Wildman–Crippen MR) is 99.7 cm³/mol. The van der Waals surface area contributed by atoms with Gasteiger partial charge in [0.2, 0.25) is 5.75 Å². The maximum atomic E-state index is 12.4. The van der Waals surface area contributed by atoms with Gasteiger partial charge in [-0.15, -0.1) is 0 Å². The minimum atomic E-state index is -0.209. The molecule has 2 aromatic carbocycles. The van der Waals surface area contributed by atoms with Gasteiger partial charge in [-0.05, 0) is 43.2 Å². The molecule has 1 N–H and O–H groups in total. The first-order chi connectivity index (χ1) is 12.6. The Hall–Kier alpha value is -2.89. The lowest BCUT2D eigenvalue weighted by atomic mass is 10.1. The third-order valence-electron chi connectivity index (χ3n) is 3.79. The summed E-state index contributed by atoms with van der Waals surface area (Å²) in [5.74, 6) is 1.97. The molecule has 0 bridgehead atoms. The molecule has 1 amide bonds. The number of nitrogens with one attached hydrogen (secondary N) is 1. The van der Waals surface area contributed by atoms with E-state index in [9.17, 15) is 4.79 Å². The second-order valence-corrected chi connectivity index (χ2v) is 5.69. The van der Waals surface area contributed by atoms with Gasteiger partial charge < -0.3 is 24.3 Å². The van der Waals surface area contributed by atoms with Crippen molar-refractivity contribution < 1.29 is 23.7 Å². The fraction of sp³-hybridized carbons (Fsp3) is 0.350. The van der Waals surface area contributed by atoms with Crippen LogP contribution in [-0.2, 0) is 0 Å². The highest BCUT2D eigenvalue weighted by molar-refractivity contribution is 5.95. The molecule has 2 aromatic rings. The zero-order valence-electron chi connectivity index (χ0n) is 15.6. The van der Waals surface area contributed by atoms with Crippen LogP contribution < -0.4 is 24.3 Å². The van der Waals surface area contributed by atoms with Crippen LogP contribution in [0.25, 0.3) is 0 Å². The lowest BCUT2D eigenvalue weighted by Gasteiger charge is -2.14. The van der Waals surface area contributed by atoms with Crippen LogP contribution in [0.2, 0.25) is 0 Å². The van der Waals surface area contributed by atoms with E-state index in [4.69, 9.17) is 18.9 Å². The van der Waals surface area contributed by atoms with Crippen LogP contribution in [0.5, 0.6) is 23.0 Å². The number of hydrogen-bond acceptors (Lipinski definition) is 5. The molecule has 0 fully saturated rings. The maximum absolute atomic E-state index is 12.4. The van der Waals surface area contributed by atoms with E-state index in [0.29, 0.717) is 42.4 Å². The quantitative estimate of drug-likeness (QED) is 0.697. The molecule has 140 valence electrons. The van der Waals surface area contributed by atoms with E-state index < -0.39 is 0 Å². The summed E-state index contributed by atoms with van der Waals surface area (Å²) < 4.78 is 21.5. The molecule has 0 aliphatic rings. The SMILES string of the molecule is COc1cc(C(=O)NCCCOc2cccc(C)c2)cc(OC)c1OC. The number of methoxy groups -OCH3 is 3. The molecule has 0 unspecified atom stereocenters. The number of ether oxygens (including phenoxy) is 4. The van der Waals surface area contributed by atoms with E-state index >= 15 is 0 Å². The molecule has 0 aliphatic carbocycles. The molecule has 0 spiro atoms. The molecule has 0 aromatic heterocycles. The Bertz CT molecular complexity index is 720. The number of carbonyl (C=O) groups is 1. The summed E-state index contributed by atoms with van der Waals surface area (Å²) in [6.45, 7) is 3.05. The highest BCUT2D eigenvalue weighted by Crippen LogP contribution is 2.38. The average molecular weight is 359 g/mol. The fourth-order valence-corrected chi connectivity index (χ4v) is 2.48. The number of benzene rings is 2. The second kappa shape index (κ2) is 9.56. The van der Waals surface area contributed by atoms with Crippen molar-refractivity contribution in [3.63, 3.8) is 0 Å². The minimum Gasteiger partial charge on any atom is -0.494 e. The summed E-state index contributed by atoms with van der Waals surface area (Å²) >= 11 is 0. The standard InChI is InChI=1S/C20H25NO5/c1-14-7-5-8-16(11-14)26-10-6-9-21-20(22)15-12-17(23-2)19(25-4)18(13-15)24-3/h5,7-8,11-13H,6,9-10H2,1-4H3,(H,21,22). The Labute approximate surface area is 154 Å². The van der Waals surface area contributed by atoms with Gasteiger partial charge in [0.25, 0.3) is 5.91 Å². The first-order valence-electron chi connectivity index (χ1n) is 8.36. The van der Waals surface area contributed by atoms with Crippen molar-refractivity contribution >= 4 is 5.91 Å². The molecule has 0 heterocycles. The van der Waals surface area contributed by atoms with Gasteiger partial charge in [-0.25, -0.2) is 0 Å². The summed E-state index contributed by atoms with van der Waals surface area (Å²) in [4.78, 5) is 12.4. The van der Waals surface area contributed by atoms with Gasteiger partial charge >= 0.3 is 0 Å². The Morgan fingerprint density at radius 1 is 1.00 bits per heavy atom. The van der Waals surface area contributed by atoms with E-state index in [0.717, 1.165) is 11.3 Å². The van der Waals surface area contributed by atoms with Crippen LogP contribution in [0.4, 0.5) is 0 Å². The number of amides is 1. The maximum Gasteiger partial charge on any atom is 0.251 e. The first-order valence-corrected chi connectivity index (χ1v) is 8.36. The summed E-state index contributed by atoms with van der Waals surface area (Å²) in [7, 11) is 4.55. The third kappa shape index (κ3) is 5.05. The lowest BCUT2D eigenvalue weighted by molar-refractivity contribution is 0.0950. The molecular formula is C20H25NO5. The number of carbonyl (C=O) groups excluding carboxylic acids is 1. The Morgan fingerprint density at radius 3 is 2.27 bits per heavy atom. The van der Waals surface area contributed by atoms with Gasteiger partial charge in [-0.3, -0.25) is 4.79 Å². The van der Waals surface area contributed by atoms with E-state index in [-0.39, 0.29) is 5.91 Å². The molecule has 0 aliphatic heterocycles. The largest absolute Gasteiger partial charge is 0.494 e. The van der Waals surface area contributed by atoms with Gasteiger partial charge in [0.15, 0.2) is 11.5 Å². The Kier molecular flexibility index (Phi) is 7.14. The van der Waals surface area contributed by atoms with E-state index in [1.54, 1.807) is 12.1 Å². The van der Waals surface area contributed by atoms with Crippen molar-refractivity contribution in [1.29, 1.82) is 0 Å². The molecule has 2 rings (SSSR count). The van der Waals surface area contributed by atoms with Gasteiger partial charge in [-0.2, -0.15) is 0 Å². The Morgan fingerprint density at radius 2 is 1.69 bits per heavy atom. The predicted octanol–water partition coefficient (Wildman–Crippen LogP) is 3.22. The van der Waals surface area contributed by atoms with Crippen LogP contribution in [0.15, 0.2) is 36.4 Å². The highest BCUT2D eigenvalue weighted by atomic mass is 16.5. The topological polar surface area (TPSA) is 66.0 Å². The van der Waals surface area contributed by atoms with Crippen molar-refractivity contribution in [3.8, 4) is 23.0 Å². The fourth-order valence-electron chi connectivity index (χ4n) is 2.48. The van der Waals surface area contributed by atoms with E-state index in [1.165, 1.54) is 21.3 Å². The monoisotopic (exact) mass is 359 g/mol. The zero-order chi connectivity index (χ0) is 18.9. The molecule has 0 saturated carbocycles. The van der Waals surface area contributed by atoms with Gasteiger partial charge in [0.1, 0.15) is 5.75 Å². The average Bonchev–Trinajstić information content (AvgIpc) is 2.66. The van der Waals surface area contributed by atoms with Gasteiger partial charge in [0.05, 0.1) is 27.9 Å². The highest BCUT2D eigenvalue weighted by Gasteiger charge is 2.16. The smallest absolute Gasteiger partial charge is 0.251 e. The molecular weight excluding hydrogens is 334 g/mol. The van der Waals surface area contributed by atoms with Gasteiger partial charge in [0, 0.05) is 12.1 Å². The van der Waals surface area contributed by atoms with Crippen LogP contribution in [-0.4, -0.2) is 40.4 Å². The number of aryl methyl sites for hydroxylation is 1. The lowest BCUT2D eigenvalue weighted by Crippen LogP contribution is -2.25. The molecule has 26 heavy (non-hydrogen) atoms. The molecule has 0 saturated heterocycles. The Balaban J connectivity index is 1.87. The summed E-state index contributed by atoms with van der Waals surface area (Å²) in [5, 5.41) is 2.87. The number of rotatable bonds is 9. The van der Waals surface area contributed by atoms with Crippen molar-refractivity contribution in [2.75, 3.05) is 34.5 Å². The zero-order valence-corrected chi connectivity index (χ0v) is 15.6. The summed E-state index contributed by atoms with van der Waals surface area (Å²) in [6.07, 6.45) is 0.699. The number of hydrogen-bond donors (Lipinski definition) is 1. The van der Waals surface area contributed by atoms with Crippen molar-refractivity contribution in [3.05, 3.63) is 47.5 Å². The van der Waals surface area contributed by atoms with E-state index in [2.05, 4.69) is 5.32 Å².